The van der Waals surface area contributed by atoms with E-state index in [0.29, 0.717) is 0 Å². The van der Waals surface area contributed by atoms with Gasteiger partial charge >= 0.3 is 6.36 Å². The van der Waals surface area contributed by atoms with Crippen molar-refractivity contribution in [2.75, 3.05) is 0 Å². The lowest BCUT2D eigenvalue weighted by Crippen LogP contribution is -2.19. The highest BCUT2D eigenvalue weighted by molar-refractivity contribution is 14.1. The van der Waals surface area contributed by atoms with E-state index in [1.807, 2.05) is 0 Å². The van der Waals surface area contributed by atoms with Gasteiger partial charge in [0.05, 0.1) is 12.5 Å². The van der Waals surface area contributed by atoms with Crippen molar-refractivity contribution in [1.82, 2.24) is 4.98 Å². The summed E-state index contributed by atoms with van der Waals surface area (Å²) in [5, 5.41) is 8.47. The number of nitriles is 1. The minimum atomic E-state index is -5.02. The molecular weight excluding hydrogens is 374 g/mol. The molecule has 0 saturated carbocycles. The molecule has 0 bridgehead atoms. The Hall–Kier alpha value is -1.18. The molecule has 0 spiro atoms. The molecule has 3 nitrogen and oxygen atoms in total. The van der Waals surface area contributed by atoms with Gasteiger partial charge in [0.15, 0.2) is 0 Å². The molecule has 98 valence electrons. The Kier molecular flexibility index (Phi) is 4.66. The van der Waals surface area contributed by atoms with Crippen LogP contribution in [0.25, 0.3) is 0 Å². The van der Waals surface area contributed by atoms with Crippen LogP contribution in [0, 0.1) is 14.9 Å². The van der Waals surface area contributed by atoms with Gasteiger partial charge < -0.3 is 4.74 Å². The Balaban J connectivity index is 3.25. The predicted molar refractivity (Wildman–Crippen MR) is 57.9 cm³/mol. The van der Waals surface area contributed by atoms with Crippen molar-refractivity contribution in [1.29, 1.82) is 5.26 Å². The number of hydrogen-bond donors (Lipinski definition) is 0. The van der Waals surface area contributed by atoms with Gasteiger partial charge in [-0.25, -0.2) is 13.8 Å². The zero-order chi connectivity index (χ0) is 13.9. The van der Waals surface area contributed by atoms with Crippen molar-refractivity contribution in [3.05, 3.63) is 20.9 Å². The first kappa shape index (κ1) is 14.9. The van der Waals surface area contributed by atoms with E-state index in [0.717, 1.165) is 6.07 Å². The van der Waals surface area contributed by atoms with Crippen LogP contribution in [0.5, 0.6) is 5.88 Å². The fourth-order valence-corrected chi connectivity index (χ4v) is 1.81. The van der Waals surface area contributed by atoms with Gasteiger partial charge in [0, 0.05) is 9.64 Å². The fraction of sp³-hybridized carbons (Fsp3) is 0.333. The molecule has 0 amide bonds. The van der Waals surface area contributed by atoms with E-state index < -0.39 is 24.4 Å². The van der Waals surface area contributed by atoms with Crippen LogP contribution >= 0.6 is 22.6 Å². The predicted octanol–water partition coefficient (Wildman–Crippen LogP) is 3.59. The van der Waals surface area contributed by atoms with Crippen molar-refractivity contribution in [3.63, 3.8) is 0 Å². The third-order valence-electron chi connectivity index (χ3n) is 1.73. The minimum Gasteiger partial charge on any atom is -0.388 e. The zero-order valence-corrected chi connectivity index (χ0v) is 10.6. The summed E-state index contributed by atoms with van der Waals surface area (Å²) in [6.45, 7) is 0. The summed E-state index contributed by atoms with van der Waals surface area (Å²) < 4.78 is 64.5. The average molecular weight is 378 g/mol. The van der Waals surface area contributed by atoms with E-state index in [4.69, 9.17) is 5.26 Å². The normalized spacial score (nSPS) is 11.4. The Labute approximate surface area is 112 Å². The fourth-order valence-electron chi connectivity index (χ4n) is 1.11. The summed E-state index contributed by atoms with van der Waals surface area (Å²) in [5.74, 6) is -0.997. The smallest absolute Gasteiger partial charge is 0.388 e. The van der Waals surface area contributed by atoms with Crippen LogP contribution < -0.4 is 4.74 Å². The number of rotatable bonds is 3. The van der Waals surface area contributed by atoms with Gasteiger partial charge in [0.1, 0.15) is 5.69 Å². The van der Waals surface area contributed by atoms with E-state index in [1.54, 1.807) is 6.07 Å². The van der Waals surface area contributed by atoms with Crippen LogP contribution in [-0.2, 0) is 6.42 Å². The highest BCUT2D eigenvalue weighted by Crippen LogP contribution is 2.30. The van der Waals surface area contributed by atoms with Crippen LogP contribution in [0.4, 0.5) is 22.0 Å². The molecule has 0 atom stereocenters. The van der Waals surface area contributed by atoms with Gasteiger partial charge in [-0.05, 0) is 28.2 Å². The molecule has 9 heteroatoms. The van der Waals surface area contributed by atoms with E-state index in [2.05, 4.69) is 9.72 Å². The van der Waals surface area contributed by atoms with Crippen LogP contribution in [0.3, 0.4) is 0 Å². The maximum Gasteiger partial charge on any atom is 0.574 e. The number of nitrogens with zero attached hydrogens (tertiary/aromatic N) is 2. The van der Waals surface area contributed by atoms with Gasteiger partial charge in [-0.15, -0.1) is 13.2 Å². The third kappa shape index (κ3) is 3.94. The Morgan fingerprint density at radius 2 is 2.06 bits per heavy atom. The van der Waals surface area contributed by atoms with Crippen molar-refractivity contribution < 1.29 is 26.7 Å². The molecule has 0 saturated heterocycles. The first-order valence-corrected chi connectivity index (χ1v) is 5.42. The molecule has 1 aromatic heterocycles. The summed E-state index contributed by atoms with van der Waals surface area (Å²) in [5.41, 5.74) is -0.815. The topological polar surface area (TPSA) is 45.9 Å². The molecule has 0 radical (unpaired) electrons. The molecule has 0 N–H and O–H groups in total. The van der Waals surface area contributed by atoms with Crippen LogP contribution in [0.2, 0.25) is 0 Å². The van der Waals surface area contributed by atoms with Crippen LogP contribution in [0.1, 0.15) is 17.7 Å². The number of pyridine rings is 1. The average Bonchev–Trinajstić information content (AvgIpc) is 2.20. The molecule has 18 heavy (non-hydrogen) atoms. The monoisotopic (exact) mass is 378 g/mol. The highest BCUT2D eigenvalue weighted by Gasteiger charge is 2.33. The van der Waals surface area contributed by atoms with Crippen molar-refractivity contribution in [2.45, 2.75) is 19.2 Å². The highest BCUT2D eigenvalue weighted by atomic mass is 127. The molecule has 0 fully saturated rings. The van der Waals surface area contributed by atoms with Gasteiger partial charge in [-0.1, -0.05) is 0 Å². The number of aromatic nitrogens is 1. The first-order valence-electron chi connectivity index (χ1n) is 4.34. The number of ether oxygens (including phenoxy) is 1. The Bertz CT molecular complexity index is 483. The summed E-state index contributed by atoms with van der Waals surface area (Å²) in [7, 11) is 0. The lowest BCUT2D eigenvalue weighted by atomic mass is 10.2. The molecule has 0 aliphatic rings. The molecule has 1 rings (SSSR count). The van der Waals surface area contributed by atoms with E-state index in [9.17, 15) is 22.0 Å². The molecule has 1 aromatic rings. The standard InChI is InChI=1S/C9H4F5IN2O/c10-8(11)7-6(15)4(1-2-16)3-5(17-7)18-9(12,13)14/h3,8H,1H2. The molecular formula is C9H4F5IN2O. The number of hydrogen-bond acceptors (Lipinski definition) is 3. The van der Waals surface area contributed by atoms with E-state index >= 15 is 0 Å². The number of alkyl halides is 5. The van der Waals surface area contributed by atoms with Crippen LogP contribution in [0.15, 0.2) is 6.07 Å². The maximum absolute atomic E-state index is 12.6. The number of halogens is 6. The summed E-state index contributed by atoms with van der Waals surface area (Å²) in [4.78, 5) is 3.09. The second-order valence-electron chi connectivity index (χ2n) is 3.00. The summed E-state index contributed by atoms with van der Waals surface area (Å²) in [6, 6.07) is 2.49. The molecule has 0 aliphatic heterocycles. The quantitative estimate of drug-likeness (QED) is 0.597. The second kappa shape index (κ2) is 5.64. The molecule has 1 heterocycles. The van der Waals surface area contributed by atoms with E-state index in [1.165, 1.54) is 22.6 Å². The zero-order valence-electron chi connectivity index (χ0n) is 8.43. The minimum absolute atomic E-state index is 0.0163. The molecule has 0 aromatic carbocycles. The van der Waals surface area contributed by atoms with Gasteiger partial charge in [0.25, 0.3) is 6.43 Å². The van der Waals surface area contributed by atoms with Crippen molar-refractivity contribution in [3.8, 4) is 11.9 Å². The molecule has 0 aliphatic carbocycles. The largest absolute Gasteiger partial charge is 0.574 e. The Morgan fingerprint density at radius 1 is 1.44 bits per heavy atom. The summed E-state index contributed by atoms with van der Waals surface area (Å²) in [6.07, 6.45) is -8.39. The third-order valence-corrected chi connectivity index (χ3v) is 2.98. The second-order valence-corrected chi connectivity index (χ2v) is 4.08. The Morgan fingerprint density at radius 3 is 2.50 bits per heavy atom. The van der Waals surface area contributed by atoms with Gasteiger partial charge in [-0.3, -0.25) is 0 Å². The maximum atomic E-state index is 12.6. The van der Waals surface area contributed by atoms with Crippen molar-refractivity contribution in [2.24, 2.45) is 0 Å². The lowest BCUT2D eigenvalue weighted by molar-refractivity contribution is -0.276. The SMILES string of the molecule is N#CCc1cc(OC(F)(F)F)nc(C(F)F)c1I. The van der Waals surface area contributed by atoms with Gasteiger partial charge in [-0.2, -0.15) is 5.26 Å². The van der Waals surface area contributed by atoms with Gasteiger partial charge in [0.2, 0.25) is 5.88 Å². The van der Waals surface area contributed by atoms with Crippen LogP contribution in [-0.4, -0.2) is 11.3 Å². The lowest BCUT2D eigenvalue weighted by Gasteiger charge is -2.12. The summed E-state index contributed by atoms with van der Waals surface area (Å²) >= 11 is 1.50. The molecule has 0 unspecified atom stereocenters. The van der Waals surface area contributed by atoms with E-state index in [-0.39, 0.29) is 15.6 Å². The van der Waals surface area contributed by atoms with Crippen molar-refractivity contribution >= 4 is 22.6 Å². The first-order chi connectivity index (χ1) is 8.24.